The molecule has 0 spiro atoms. The number of benzene rings is 1. The first-order valence-electron chi connectivity index (χ1n) is 7.18. The van der Waals surface area contributed by atoms with Crippen molar-refractivity contribution in [3.63, 3.8) is 0 Å². The molecule has 0 fully saturated rings. The zero-order chi connectivity index (χ0) is 16.0. The van der Waals surface area contributed by atoms with Gasteiger partial charge in [0.25, 0.3) is 0 Å². The summed E-state index contributed by atoms with van der Waals surface area (Å²) in [6, 6.07) is 5.53. The fourth-order valence-electron chi connectivity index (χ4n) is 2.03. The van der Waals surface area contributed by atoms with Crippen molar-refractivity contribution < 1.29 is 9.59 Å². The maximum atomic E-state index is 11.8. The van der Waals surface area contributed by atoms with Crippen LogP contribution in [0.25, 0.3) is 0 Å². The van der Waals surface area contributed by atoms with Crippen LogP contribution in [-0.2, 0) is 9.59 Å². The first-order valence-corrected chi connectivity index (χ1v) is 7.56. The maximum absolute atomic E-state index is 11.8. The number of hydrogen-bond donors (Lipinski definition) is 1. The minimum atomic E-state index is -0.0863. The second-order valence-electron chi connectivity index (χ2n) is 5.23. The zero-order valence-electron chi connectivity index (χ0n) is 13.1. The summed E-state index contributed by atoms with van der Waals surface area (Å²) in [5, 5.41) is 3.53. The van der Waals surface area contributed by atoms with Gasteiger partial charge >= 0.3 is 0 Å². The number of nitrogens with zero attached hydrogens (tertiary/aromatic N) is 1. The average molecular weight is 311 g/mol. The number of carbonyl (C=O) groups excluding carboxylic acids is 2. The Labute approximate surface area is 131 Å². The largest absolute Gasteiger partial charge is 0.354 e. The van der Waals surface area contributed by atoms with Crippen LogP contribution in [0.4, 0.5) is 5.69 Å². The molecule has 1 rings (SSSR count). The third kappa shape index (κ3) is 5.38. The van der Waals surface area contributed by atoms with Crippen LogP contribution in [0.1, 0.15) is 39.2 Å². The van der Waals surface area contributed by atoms with Gasteiger partial charge in [0.15, 0.2) is 0 Å². The van der Waals surface area contributed by atoms with Crippen molar-refractivity contribution in [2.24, 2.45) is 0 Å². The second kappa shape index (κ2) is 8.03. The van der Waals surface area contributed by atoms with Crippen LogP contribution in [0.15, 0.2) is 18.2 Å². The highest BCUT2D eigenvalue weighted by atomic mass is 35.5. The Bertz CT molecular complexity index is 517. The van der Waals surface area contributed by atoms with Crippen LogP contribution in [0, 0.1) is 6.92 Å². The molecule has 0 aliphatic rings. The molecule has 1 atom stereocenters. The molecule has 1 unspecified atom stereocenters. The van der Waals surface area contributed by atoms with E-state index in [2.05, 4.69) is 5.32 Å². The summed E-state index contributed by atoms with van der Waals surface area (Å²) in [6.45, 7) is 7.74. The normalized spacial score (nSPS) is 11.9. The van der Waals surface area contributed by atoms with E-state index >= 15 is 0 Å². The number of anilines is 1. The van der Waals surface area contributed by atoms with Gasteiger partial charge in [-0.25, -0.2) is 0 Å². The molecule has 0 heterocycles. The lowest BCUT2D eigenvalue weighted by atomic mass is 10.1. The number of rotatable bonds is 6. The highest BCUT2D eigenvalue weighted by molar-refractivity contribution is 6.30. The summed E-state index contributed by atoms with van der Waals surface area (Å²) >= 11 is 5.93. The van der Waals surface area contributed by atoms with Crippen molar-refractivity contribution in [2.45, 2.75) is 46.6 Å². The molecule has 5 heteroatoms. The van der Waals surface area contributed by atoms with E-state index in [-0.39, 0.29) is 24.3 Å². The van der Waals surface area contributed by atoms with Gasteiger partial charge in [0.2, 0.25) is 11.8 Å². The molecule has 1 N–H and O–H groups in total. The van der Waals surface area contributed by atoms with Crippen LogP contribution < -0.4 is 10.2 Å². The van der Waals surface area contributed by atoms with Crippen LogP contribution in [0.5, 0.6) is 0 Å². The van der Waals surface area contributed by atoms with E-state index < -0.39 is 0 Å². The molecule has 0 saturated heterocycles. The number of hydrogen-bond acceptors (Lipinski definition) is 2. The number of aryl methyl sites for hydroxylation is 1. The molecule has 0 saturated carbocycles. The molecule has 1 aromatic carbocycles. The average Bonchev–Trinajstić information content (AvgIpc) is 2.40. The molecule has 4 nitrogen and oxygen atoms in total. The molecule has 2 amide bonds. The van der Waals surface area contributed by atoms with Gasteiger partial charge in [-0.3, -0.25) is 9.59 Å². The number of nitrogens with one attached hydrogen (secondary N) is 1. The number of carbonyl (C=O) groups is 2. The van der Waals surface area contributed by atoms with Gasteiger partial charge < -0.3 is 10.2 Å². The second-order valence-corrected chi connectivity index (χ2v) is 5.66. The van der Waals surface area contributed by atoms with Gasteiger partial charge in [-0.1, -0.05) is 18.5 Å². The van der Waals surface area contributed by atoms with Gasteiger partial charge in [0.1, 0.15) is 0 Å². The Morgan fingerprint density at radius 2 is 2.05 bits per heavy atom. The molecule has 0 aliphatic carbocycles. The predicted molar refractivity (Wildman–Crippen MR) is 86.7 cm³/mol. The van der Waals surface area contributed by atoms with Crippen molar-refractivity contribution in [1.29, 1.82) is 0 Å². The van der Waals surface area contributed by atoms with Gasteiger partial charge in [-0.2, -0.15) is 0 Å². The Hall–Kier alpha value is -1.55. The molecular weight excluding hydrogens is 288 g/mol. The molecular formula is C16H23ClN2O2. The SMILES string of the molecule is CCC(C)NC(=O)CCN(C(C)=O)c1ccc(Cl)cc1C. The molecule has 0 aromatic heterocycles. The Balaban J connectivity index is 2.75. The van der Waals surface area contributed by atoms with Crippen molar-refractivity contribution in [3.8, 4) is 0 Å². The lowest BCUT2D eigenvalue weighted by Crippen LogP contribution is -2.37. The Morgan fingerprint density at radius 3 is 2.57 bits per heavy atom. The van der Waals surface area contributed by atoms with Gasteiger partial charge in [0.05, 0.1) is 0 Å². The van der Waals surface area contributed by atoms with Gasteiger partial charge in [-0.15, -0.1) is 0 Å². The van der Waals surface area contributed by atoms with E-state index in [0.29, 0.717) is 11.6 Å². The van der Waals surface area contributed by atoms with E-state index in [1.54, 1.807) is 11.0 Å². The summed E-state index contributed by atoms with van der Waals surface area (Å²) < 4.78 is 0. The lowest BCUT2D eigenvalue weighted by Gasteiger charge is -2.23. The third-order valence-electron chi connectivity index (χ3n) is 3.41. The zero-order valence-corrected chi connectivity index (χ0v) is 13.8. The summed E-state index contributed by atoms with van der Waals surface area (Å²) in [5.41, 5.74) is 1.71. The summed E-state index contributed by atoms with van der Waals surface area (Å²) in [6.07, 6.45) is 1.17. The maximum Gasteiger partial charge on any atom is 0.223 e. The topological polar surface area (TPSA) is 49.4 Å². The van der Waals surface area contributed by atoms with E-state index in [0.717, 1.165) is 17.7 Å². The van der Waals surface area contributed by atoms with Crippen LogP contribution in [0.2, 0.25) is 5.02 Å². The quantitative estimate of drug-likeness (QED) is 0.876. The molecule has 0 aliphatic heterocycles. The van der Waals surface area contributed by atoms with Crippen LogP contribution in [-0.4, -0.2) is 24.4 Å². The minimum absolute atomic E-state index is 0.0396. The minimum Gasteiger partial charge on any atom is -0.354 e. The smallest absolute Gasteiger partial charge is 0.223 e. The van der Waals surface area contributed by atoms with Crippen molar-refractivity contribution in [1.82, 2.24) is 5.32 Å². The van der Waals surface area contributed by atoms with E-state index in [1.165, 1.54) is 6.92 Å². The Kier molecular flexibility index (Phi) is 6.69. The fourth-order valence-corrected chi connectivity index (χ4v) is 2.26. The van der Waals surface area contributed by atoms with Crippen LogP contribution >= 0.6 is 11.6 Å². The van der Waals surface area contributed by atoms with Gasteiger partial charge in [-0.05, 0) is 44.0 Å². The summed E-state index contributed by atoms with van der Waals surface area (Å²) in [5.74, 6) is -0.126. The van der Waals surface area contributed by atoms with E-state index in [1.807, 2.05) is 32.9 Å². The number of halogens is 1. The fraction of sp³-hybridized carbons (Fsp3) is 0.500. The number of amides is 2. The van der Waals surface area contributed by atoms with E-state index in [9.17, 15) is 9.59 Å². The lowest BCUT2D eigenvalue weighted by molar-refractivity contribution is -0.121. The predicted octanol–water partition coefficient (Wildman–Crippen LogP) is 3.31. The van der Waals surface area contributed by atoms with Gasteiger partial charge in [0, 0.05) is 36.6 Å². The first kappa shape index (κ1) is 17.5. The Morgan fingerprint density at radius 1 is 1.38 bits per heavy atom. The summed E-state index contributed by atoms with van der Waals surface area (Å²) in [7, 11) is 0. The van der Waals surface area contributed by atoms with E-state index in [4.69, 9.17) is 11.6 Å². The molecule has 116 valence electrons. The summed E-state index contributed by atoms with van der Waals surface area (Å²) in [4.78, 5) is 25.3. The molecule has 1 aromatic rings. The van der Waals surface area contributed by atoms with Crippen molar-refractivity contribution >= 4 is 29.1 Å². The highest BCUT2D eigenvalue weighted by Crippen LogP contribution is 2.24. The first-order chi connectivity index (χ1) is 9.85. The molecule has 21 heavy (non-hydrogen) atoms. The van der Waals surface area contributed by atoms with Crippen molar-refractivity contribution in [2.75, 3.05) is 11.4 Å². The van der Waals surface area contributed by atoms with Crippen LogP contribution in [0.3, 0.4) is 0 Å². The monoisotopic (exact) mass is 310 g/mol. The van der Waals surface area contributed by atoms with Crippen molar-refractivity contribution in [3.05, 3.63) is 28.8 Å². The standard InChI is InChI=1S/C16H23ClN2O2/c1-5-12(3)18-16(21)8-9-19(13(4)20)15-7-6-14(17)10-11(15)2/h6-7,10,12H,5,8-9H2,1-4H3,(H,18,21). The highest BCUT2D eigenvalue weighted by Gasteiger charge is 2.16. The molecule has 0 bridgehead atoms. The third-order valence-corrected chi connectivity index (χ3v) is 3.65. The molecule has 0 radical (unpaired) electrons.